The van der Waals surface area contributed by atoms with E-state index in [2.05, 4.69) is 26.5 Å². The standard InChI is InChI=1S/C14H18ClNO2S/c1-9(2)10(8-19)6-16-12-5-11(15)3-4-13(12)18-7-14(16)17/h3-5,9-10,19H,6-8H2,1-2H3. The van der Waals surface area contributed by atoms with Crippen molar-refractivity contribution in [2.24, 2.45) is 11.8 Å². The molecule has 0 saturated heterocycles. The van der Waals surface area contributed by atoms with Crippen LogP contribution in [0.2, 0.25) is 5.02 Å². The monoisotopic (exact) mass is 299 g/mol. The van der Waals surface area contributed by atoms with Gasteiger partial charge in [-0.15, -0.1) is 0 Å². The van der Waals surface area contributed by atoms with Crippen LogP contribution < -0.4 is 9.64 Å². The number of amides is 1. The number of halogens is 1. The van der Waals surface area contributed by atoms with E-state index in [0.717, 1.165) is 11.4 Å². The molecular formula is C14H18ClNO2S. The first-order valence-electron chi connectivity index (χ1n) is 6.36. The molecule has 104 valence electrons. The van der Waals surface area contributed by atoms with Crippen molar-refractivity contribution < 1.29 is 9.53 Å². The summed E-state index contributed by atoms with van der Waals surface area (Å²) in [6.07, 6.45) is 0. The zero-order valence-corrected chi connectivity index (χ0v) is 12.7. The van der Waals surface area contributed by atoms with Crippen LogP contribution in [0.25, 0.3) is 0 Å². The van der Waals surface area contributed by atoms with Gasteiger partial charge >= 0.3 is 0 Å². The SMILES string of the molecule is CC(C)C(CS)CN1C(=O)COc2ccc(Cl)cc21. The summed E-state index contributed by atoms with van der Waals surface area (Å²) in [5.74, 6) is 2.25. The van der Waals surface area contributed by atoms with Crippen LogP contribution in [0.4, 0.5) is 5.69 Å². The minimum atomic E-state index is -0.0257. The minimum Gasteiger partial charge on any atom is -0.482 e. The number of rotatable bonds is 4. The first-order chi connectivity index (χ1) is 9.02. The maximum Gasteiger partial charge on any atom is 0.265 e. The molecule has 5 heteroatoms. The maximum atomic E-state index is 12.1. The molecule has 1 aliphatic heterocycles. The molecule has 0 N–H and O–H groups in total. The van der Waals surface area contributed by atoms with E-state index in [-0.39, 0.29) is 12.5 Å². The van der Waals surface area contributed by atoms with Crippen LogP contribution in [0.5, 0.6) is 5.75 Å². The van der Waals surface area contributed by atoms with Crippen LogP contribution in [0, 0.1) is 11.8 Å². The van der Waals surface area contributed by atoms with Gasteiger partial charge in [-0.25, -0.2) is 0 Å². The summed E-state index contributed by atoms with van der Waals surface area (Å²) in [5, 5.41) is 0.606. The van der Waals surface area contributed by atoms with Crippen molar-refractivity contribution in [1.82, 2.24) is 0 Å². The fourth-order valence-electron chi connectivity index (χ4n) is 2.09. The number of ether oxygens (including phenoxy) is 1. The van der Waals surface area contributed by atoms with Crippen LogP contribution in [-0.2, 0) is 4.79 Å². The summed E-state index contributed by atoms with van der Waals surface area (Å²) in [5.41, 5.74) is 0.760. The van der Waals surface area contributed by atoms with Crippen molar-refractivity contribution >= 4 is 35.8 Å². The number of hydrogen-bond donors (Lipinski definition) is 1. The molecule has 0 fully saturated rings. The summed E-state index contributed by atoms with van der Waals surface area (Å²) >= 11 is 10.4. The van der Waals surface area contributed by atoms with E-state index in [1.165, 1.54) is 0 Å². The lowest BCUT2D eigenvalue weighted by Gasteiger charge is -2.33. The molecule has 0 radical (unpaired) electrons. The van der Waals surface area contributed by atoms with Gasteiger partial charge in [0.05, 0.1) is 5.69 Å². The average Bonchev–Trinajstić information content (AvgIpc) is 2.37. The summed E-state index contributed by atoms with van der Waals surface area (Å²) in [6.45, 7) is 5.03. The van der Waals surface area contributed by atoms with Gasteiger partial charge < -0.3 is 9.64 Å². The third-order valence-electron chi connectivity index (χ3n) is 3.46. The van der Waals surface area contributed by atoms with Gasteiger partial charge in [0, 0.05) is 11.6 Å². The topological polar surface area (TPSA) is 29.5 Å². The van der Waals surface area contributed by atoms with Crippen molar-refractivity contribution in [3.63, 3.8) is 0 Å². The smallest absolute Gasteiger partial charge is 0.265 e. The normalized spacial score (nSPS) is 16.3. The number of benzene rings is 1. The van der Waals surface area contributed by atoms with E-state index in [1.807, 2.05) is 6.07 Å². The molecule has 1 atom stereocenters. The molecule has 2 rings (SSSR count). The van der Waals surface area contributed by atoms with Crippen molar-refractivity contribution in [2.75, 3.05) is 23.8 Å². The molecule has 1 aromatic rings. The Morgan fingerprint density at radius 1 is 1.47 bits per heavy atom. The summed E-state index contributed by atoms with van der Waals surface area (Å²) < 4.78 is 5.43. The van der Waals surface area contributed by atoms with Gasteiger partial charge in [0.2, 0.25) is 0 Å². The number of thiol groups is 1. The first-order valence-corrected chi connectivity index (χ1v) is 7.37. The molecule has 1 aromatic carbocycles. The number of carbonyl (C=O) groups excluding carboxylic acids is 1. The number of carbonyl (C=O) groups is 1. The fraction of sp³-hybridized carbons (Fsp3) is 0.500. The van der Waals surface area contributed by atoms with Crippen molar-refractivity contribution in [1.29, 1.82) is 0 Å². The highest BCUT2D eigenvalue weighted by molar-refractivity contribution is 7.80. The Morgan fingerprint density at radius 3 is 2.84 bits per heavy atom. The van der Waals surface area contributed by atoms with E-state index < -0.39 is 0 Å². The Balaban J connectivity index is 2.29. The van der Waals surface area contributed by atoms with E-state index in [1.54, 1.807) is 17.0 Å². The van der Waals surface area contributed by atoms with Gasteiger partial charge in [0.1, 0.15) is 5.75 Å². The second-order valence-electron chi connectivity index (χ2n) is 5.09. The molecule has 0 bridgehead atoms. The second-order valence-corrected chi connectivity index (χ2v) is 5.89. The number of anilines is 1. The number of fused-ring (bicyclic) bond motifs is 1. The van der Waals surface area contributed by atoms with E-state index in [0.29, 0.717) is 29.2 Å². The predicted octanol–water partition coefficient (Wildman–Crippen LogP) is 3.27. The number of hydrogen-bond acceptors (Lipinski definition) is 3. The zero-order chi connectivity index (χ0) is 14.0. The van der Waals surface area contributed by atoms with Gasteiger partial charge in [-0.05, 0) is 35.8 Å². The lowest BCUT2D eigenvalue weighted by atomic mass is 9.96. The summed E-state index contributed by atoms with van der Waals surface area (Å²) in [4.78, 5) is 13.8. The molecule has 1 heterocycles. The zero-order valence-electron chi connectivity index (χ0n) is 11.1. The second kappa shape index (κ2) is 6.06. The van der Waals surface area contributed by atoms with Crippen LogP contribution in [-0.4, -0.2) is 24.8 Å². The third kappa shape index (κ3) is 3.18. The Labute approximate surface area is 124 Å². The highest BCUT2D eigenvalue weighted by Crippen LogP contribution is 2.35. The third-order valence-corrected chi connectivity index (χ3v) is 4.16. The fourth-order valence-corrected chi connectivity index (χ4v) is 2.79. The Kier molecular flexibility index (Phi) is 4.63. The molecule has 0 aliphatic carbocycles. The molecule has 1 amide bonds. The van der Waals surface area contributed by atoms with Crippen molar-refractivity contribution in [3.8, 4) is 5.75 Å². The van der Waals surface area contributed by atoms with E-state index in [9.17, 15) is 4.79 Å². The van der Waals surface area contributed by atoms with Crippen molar-refractivity contribution in [3.05, 3.63) is 23.2 Å². The van der Waals surface area contributed by atoms with Crippen LogP contribution >= 0.6 is 24.2 Å². The molecular weight excluding hydrogens is 282 g/mol. The maximum absolute atomic E-state index is 12.1. The van der Waals surface area contributed by atoms with Crippen molar-refractivity contribution in [2.45, 2.75) is 13.8 Å². The van der Waals surface area contributed by atoms with Gasteiger partial charge in [-0.1, -0.05) is 25.4 Å². The molecule has 1 aliphatic rings. The predicted molar refractivity (Wildman–Crippen MR) is 81.5 cm³/mol. The Morgan fingerprint density at radius 2 is 2.21 bits per heavy atom. The van der Waals surface area contributed by atoms with Crippen LogP contribution in [0.3, 0.4) is 0 Å². The number of nitrogens with zero attached hydrogens (tertiary/aromatic N) is 1. The largest absolute Gasteiger partial charge is 0.482 e. The quantitative estimate of drug-likeness (QED) is 0.865. The molecule has 0 aromatic heterocycles. The lowest BCUT2D eigenvalue weighted by Crippen LogP contribution is -2.43. The van der Waals surface area contributed by atoms with Gasteiger partial charge in [-0.3, -0.25) is 4.79 Å². The average molecular weight is 300 g/mol. The van der Waals surface area contributed by atoms with Gasteiger partial charge in [0.25, 0.3) is 5.91 Å². The Hall–Kier alpha value is -0.870. The minimum absolute atomic E-state index is 0.0257. The molecule has 3 nitrogen and oxygen atoms in total. The van der Waals surface area contributed by atoms with Crippen LogP contribution in [0.1, 0.15) is 13.8 Å². The summed E-state index contributed by atoms with van der Waals surface area (Å²) in [7, 11) is 0. The highest BCUT2D eigenvalue weighted by atomic mass is 35.5. The van der Waals surface area contributed by atoms with Gasteiger partial charge in [0.15, 0.2) is 6.61 Å². The van der Waals surface area contributed by atoms with Crippen LogP contribution in [0.15, 0.2) is 18.2 Å². The highest BCUT2D eigenvalue weighted by Gasteiger charge is 2.28. The molecule has 19 heavy (non-hydrogen) atoms. The molecule has 1 unspecified atom stereocenters. The lowest BCUT2D eigenvalue weighted by molar-refractivity contribution is -0.121. The van der Waals surface area contributed by atoms with Gasteiger partial charge in [-0.2, -0.15) is 12.6 Å². The molecule has 0 spiro atoms. The van der Waals surface area contributed by atoms with E-state index >= 15 is 0 Å². The first kappa shape index (κ1) is 14.5. The van der Waals surface area contributed by atoms with E-state index in [4.69, 9.17) is 16.3 Å². The summed E-state index contributed by atoms with van der Waals surface area (Å²) in [6, 6.07) is 5.36. The Bertz CT molecular complexity index is 479. The molecule has 0 saturated carbocycles.